The first-order valence-corrected chi connectivity index (χ1v) is 8.73. The molecule has 2 N–H and O–H groups in total. The van der Waals surface area contributed by atoms with Crippen LogP contribution in [0.1, 0.15) is 39.0 Å². The predicted molar refractivity (Wildman–Crippen MR) is 74.6 cm³/mol. The zero-order chi connectivity index (χ0) is 12.4. The molecule has 2 aliphatic heterocycles. The maximum Gasteiger partial charge on any atom is 0.0158 e. The molecule has 104 valence electrons. The molecule has 2 saturated heterocycles. The molecule has 19 heavy (non-hydrogen) atoms. The molecule has 4 bridgehead atoms. The summed E-state index contributed by atoms with van der Waals surface area (Å²) in [5, 5.41) is 7.88. The zero-order valence-electron chi connectivity index (χ0n) is 11.9. The molecule has 6 aliphatic rings. The largest absolute Gasteiger partial charge is 0.313 e. The van der Waals surface area contributed by atoms with Crippen LogP contribution in [0.25, 0.3) is 0 Å². The Bertz CT molecular complexity index is 435. The summed E-state index contributed by atoms with van der Waals surface area (Å²) >= 11 is 0. The smallest absolute Gasteiger partial charge is 0.0158 e. The highest BCUT2D eigenvalue weighted by molar-refractivity contribution is 5.21. The average molecular weight is 258 g/mol. The van der Waals surface area contributed by atoms with E-state index in [1.54, 1.807) is 12.8 Å². The number of hydrogen-bond donors (Lipinski definition) is 2. The van der Waals surface area contributed by atoms with Gasteiger partial charge in [-0.15, -0.1) is 0 Å². The fraction of sp³-hybridized carbons (Fsp3) is 1.00. The van der Waals surface area contributed by atoms with Gasteiger partial charge in [0.25, 0.3) is 0 Å². The molecule has 4 aliphatic carbocycles. The minimum Gasteiger partial charge on any atom is -0.313 e. The van der Waals surface area contributed by atoms with Gasteiger partial charge in [0, 0.05) is 18.1 Å². The van der Waals surface area contributed by atoms with E-state index in [9.17, 15) is 0 Å². The maximum atomic E-state index is 4.05. The SMILES string of the molecule is CC12CC3CC1CC(C1C4CC5CNC(C4)C51)C2N3. The summed E-state index contributed by atoms with van der Waals surface area (Å²) in [7, 11) is 0. The van der Waals surface area contributed by atoms with Crippen molar-refractivity contribution in [3.63, 3.8) is 0 Å². The van der Waals surface area contributed by atoms with Crippen molar-refractivity contribution in [3.05, 3.63) is 0 Å². The van der Waals surface area contributed by atoms with Gasteiger partial charge in [-0.2, -0.15) is 0 Å². The van der Waals surface area contributed by atoms with Crippen LogP contribution in [-0.2, 0) is 0 Å². The molecule has 4 saturated carbocycles. The molecule has 2 heterocycles. The third kappa shape index (κ3) is 1.05. The van der Waals surface area contributed by atoms with Crippen molar-refractivity contribution in [3.8, 4) is 0 Å². The Morgan fingerprint density at radius 2 is 1.95 bits per heavy atom. The Morgan fingerprint density at radius 1 is 1.00 bits per heavy atom. The quantitative estimate of drug-likeness (QED) is 0.752. The van der Waals surface area contributed by atoms with Gasteiger partial charge in [-0.25, -0.2) is 0 Å². The van der Waals surface area contributed by atoms with E-state index in [-0.39, 0.29) is 0 Å². The van der Waals surface area contributed by atoms with E-state index in [1.807, 2.05) is 0 Å². The Kier molecular flexibility index (Phi) is 1.71. The van der Waals surface area contributed by atoms with Crippen LogP contribution in [0.5, 0.6) is 0 Å². The molecule has 6 rings (SSSR count). The van der Waals surface area contributed by atoms with Gasteiger partial charge in [0.1, 0.15) is 0 Å². The Balaban J connectivity index is 1.39. The van der Waals surface area contributed by atoms with Crippen LogP contribution < -0.4 is 10.6 Å². The van der Waals surface area contributed by atoms with Crippen molar-refractivity contribution < 1.29 is 0 Å². The van der Waals surface area contributed by atoms with Crippen molar-refractivity contribution in [2.24, 2.45) is 40.9 Å². The van der Waals surface area contributed by atoms with Crippen molar-refractivity contribution in [1.82, 2.24) is 10.6 Å². The Morgan fingerprint density at radius 3 is 2.74 bits per heavy atom. The first kappa shape index (κ1) is 10.6. The van der Waals surface area contributed by atoms with Crippen LogP contribution in [0, 0.1) is 40.9 Å². The predicted octanol–water partition coefficient (Wildman–Crippen LogP) is 2.01. The Hall–Kier alpha value is -0.0800. The lowest BCUT2D eigenvalue weighted by atomic mass is 9.75. The first-order chi connectivity index (χ1) is 9.24. The first-order valence-electron chi connectivity index (χ1n) is 8.73. The second kappa shape index (κ2) is 3.06. The number of fused-ring (bicyclic) bond motifs is 2. The third-order valence-electron chi connectivity index (χ3n) is 8.59. The van der Waals surface area contributed by atoms with Crippen molar-refractivity contribution in [1.29, 1.82) is 0 Å². The van der Waals surface area contributed by atoms with E-state index in [2.05, 4.69) is 17.6 Å². The normalized spacial score (nSPS) is 71.5. The zero-order valence-corrected chi connectivity index (χ0v) is 11.9. The molecular formula is C17H26N2. The van der Waals surface area contributed by atoms with Crippen LogP contribution in [0.4, 0.5) is 0 Å². The number of rotatable bonds is 1. The molecule has 0 spiro atoms. The van der Waals surface area contributed by atoms with Gasteiger partial charge in [-0.05, 0) is 79.6 Å². The van der Waals surface area contributed by atoms with Crippen LogP contribution in [0.3, 0.4) is 0 Å². The van der Waals surface area contributed by atoms with Gasteiger partial charge in [-0.3, -0.25) is 0 Å². The summed E-state index contributed by atoms with van der Waals surface area (Å²) in [6, 6.07) is 2.69. The molecule has 0 aromatic heterocycles. The molecule has 0 radical (unpaired) electrons. The van der Waals surface area contributed by atoms with Crippen molar-refractivity contribution in [2.75, 3.05) is 6.54 Å². The van der Waals surface area contributed by atoms with E-state index >= 15 is 0 Å². The van der Waals surface area contributed by atoms with E-state index in [0.29, 0.717) is 5.41 Å². The lowest BCUT2D eigenvalue weighted by molar-refractivity contribution is 0.179. The molecule has 10 unspecified atom stereocenters. The second-order valence-electron chi connectivity index (χ2n) is 9.04. The van der Waals surface area contributed by atoms with Crippen LogP contribution in [-0.4, -0.2) is 24.7 Å². The Labute approximate surface area is 116 Å². The van der Waals surface area contributed by atoms with Gasteiger partial charge in [-0.1, -0.05) is 6.92 Å². The number of hydrogen-bond acceptors (Lipinski definition) is 2. The van der Waals surface area contributed by atoms with Crippen LogP contribution >= 0.6 is 0 Å². The lowest BCUT2D eigenvalue weighted by Gasteiger charge is -2.34. The highest BCUT2D eigenvalue weighted by Gasteiger charge is 2.67. The molecule has 2 heteroatoms. The van der Waals surface area contributed by atoms with Crippen molar-refractivity contribution in [2.45, 2.75) is 57.2 Å². The summed E-state index contributed by atoms with van der Waals surface area (Å²) in [6.07, 6.45) is 7.64. The second-order valence-corrected chi connectivity index (χ2v) is 9.04. The third-order valence-corrected chi connectivity index (χ3v) is 8.59. The van der Waals surface area contributed by atoms with Crippen LogP contribution in [0.15, 0.2) is 0 Å². The maximum absolute atomic E-state index is 4.05. The van der Waals surface area contributed by atoms with E-state index in [4.69, 9.17) is 0 Å². The summed E-state index contributed by atoms with van der Waals surface area (Å²) in [4.78, 5) is 0. The monoisotopic (exact) mass is 258 g/mol. The van der Waals surface area contributed by atoms with E-state index < -0.39 is 0 Å². The molecule has 0 amide bonds. The highest BCUT2D eigenvalue weighted by Crippen LogP contribution is 2.67. The fourth-order valence-corrected chi connectivity index (χ4v) is 8.21. The minimum atomic E-state index is 0.684. The number of piperidine rings is 1. The van der Waals surface area contributed by atoms with Crippen molar-refractivity contribution >= 4 is 0 Å². The fourth-order valence-electron chi connectivity index (χ4n) is 8.21. The highest BCUT2D eigenvalue weighted by atomic mass is 15.1. The standard InChI is InChI=1S/C17H26N2/c1-17-6-11-4-10(17)5-12(16(17)19-11)14-8-2-9-7-18-13(3-8)15(9)14/h8-16,18-19H,2-7H2,1H3. The van der Waals surface area contributed by atoms with Gasteiger partial charge < -0.3 is 10.6 Å². The molecule has 6 fully saturated rings. The van der Waals surface area contributed by atoms with Crippen LogP contribution in [0.2, 0.25) is 0 Å². The van der Waals surface area contributed by atoms with E-state index in [1.165, 1.54) is 25.8 Å². The average Bonchev–Trinajstić information content (AvgIpc) is 3.08. The topological polar surface area (TPSA) is 24.1 Å². The summed E-state index contributed by atoms with van der Waals surface area (Å²) in [5.74, 6) is 6.39. The molecule has 0 aromatic rings. The number of nitrogens with one attached hydrogen (secondary N) is 2. The van der Waals surface area contributed by atoms with Gasteiger partial charge >= 0.3 is 0 Å². The van der Waals surface area contributed by atoms with Gasteiger partial charge in [0.05, 0.1) is 0 Å². The minimum absolute atomic E-state index is 0.684. The van der Waals surface area contributed by atoms with Gasteiger partial charge in [0.15, 0.2) is 0 Å². The lowest BCUT2D eigenvalue weighted by Crippen LogP contribution is -2.44. The molecule has 0 aromatic carbocycles. The summed E-state index contributed by atoms with van der Waals surface area (Å²) in [6.45, 7) is 3.96. The van der Waals surface area contributed by atoms with E-state index in [0.717, 1.165) is 53.6 Å². The summed E-state index contributed by atoms with van der Waals surface area (Å²) in [5.41, 5.74) is 0.684. The summed E-state index contributed by atoms with van der Waals surface area (Å²) < 4.78 is 0. The van der Waals surface area contributed by atoms with Gasteiger partial charge in [0.2, 0.25) is 0 Å². The molecule has 10 atom stereocenters. The molecular weight excluding hydrogens is 232 g/mol. The molecule has 2 nitrogen and oxygen atoms in total.